The number of imidazole rings is 1. The van der Waals surface area contributed by atoms with Crippen LogP contribution in [-0.2, 0) is 19.5 Å². The molecular weight excluding hydrogens is 276 g/mol. The number of hydrogen-bond acceptors (Lipinski definition) is 1. The molecule has 0 atom stereocenters. The predicted octanol–water partition coefficient (Wildman–Crippen LogP) is 3.27. The van der Waals surface area contributed by atoms with Crippen LogP contribution in [-0.4, -0.2) is 15.6 Å². The lowest BCUT2D eigenvalue weighted by Gasteiger charge is -2.05. The van der Waals surface area contributed by atoms with Gasteiger partial charge in [-0.2, -0.15) is 0 Å². The topological polar surface area (TPSA) is 46.1 Å². The number of aromatic nitrogens is 2. The van der Waals surface area contributed by atoms with E-state index >= 15 is 0 Å². The van der Waals surface area contributed by atoms with Gasteiger partial charge < -0.3 is 5.11 Å². The smallest absolute Gasteiger partial charge is 0.335 e. The van der Waals surface area contributed by atoms with Gasteiger partial charge in [-0.1, -0.05) is 32.4 Å². The lowest BCUT2D eigenvalue weighted by Crippen LogP contribution is -2.37. The molecular formula is C18H25N2O2+. The summed E-state index contributed by atoms with van der Waals surface area (Å²) in [6.07, 6.45) is 8.86. The highest BCUT2D eigenvalue weighted by atomic mass is 16.4. The van der Waals surface area contributed by atoms with Gasteiger partial charge in [0.25, 0.3) is 5.82 Å². The molecule has 0 saturated carbocycles. The van der Waals surface area contributed by atoms with Gasteiger partial charge >= 0.3 is 5.97 Å². The number of carbonyl (C=O) groups is 1. The molecule has 0 amide bonds. The summed E-state index contributed by atoms with van der Waals surface area (Å²) in [5.74, 6) is 0.467. The van der Waals surface area contributed by atoms with E-state index in [1.54, 1.807) is 12.1 Å². The zero-order chi connectivity index (χ0) is 15.9. The van der Waals surface area contributed by atoms with Crippen LogP contribution in [0.4, 0.5) is 0 Å². The van der Waals surface area contributed by atoms with Gasteiger partial charge in [0.15, 0.2) is 0 Å². The van der Waals surface area contributed by atoms with E-state index in [0.717, 1.165) is 31.5 Å². The van der Waals surface area contributed by atoms with Gasteiger partial charge in [-0.05, 0) is 30.5 Å². The van der Waals surface area contributed by atoms with E-state index in [-0.39, 0.29) is 0 Å². The number of hydrogen-bond donors (Lipinski definition) is 1. The maximum Gasteiger partial charge on any atom is 0.335 e. The van der Waals surface area contributed by atoms with Crippen LogP contribution in [0, 0.1) is 0 Å². The molecule has 0 radical (unpaired) electrons. The standard InChI is InChI=1S/C18H24N2O2/c1-3-5-11-19-12-13-20(17(19)6-4-2)14-15-7-9-16(10-8-15)18(21)22/h7-10,12-13H,3-6,11,14H2,1-2H3/p+1. The number of rotatable bonds is 8. The van der Waals surface area contributed by atoms with Gasteiger partial charge in [-0.3, -0.25) is 0 Å². The molecule has 1 heterocycles. The lowest BCUT2D eigenvalue weighted by atomic mass is 10.1. The van der Waals surface area contributed by atoms with Crippen LogP contribution in [0.2, 0.25) is 0 Å². The minimum Gasteiger partial charge on any atom is -0.478 e. The minimum absolute atomic E-state index is 0.336. The molecule has 1 aromatic carbocycles. The first-order valence-electron chi connectivity index (χ1n) is 8.05. The highest BCUT2D eigenvalue weighted by Gasteiger charge is 2.16. The molecule has 0 aliphatic carbocycles. The van der Waals surface area contributed by atoms with E-state index in [1.807, 2.05) is 12.1 Å². The van der Waals surface area contributed by atoms with E-state index in [4.69, 9.17) is 5.11 Å². The fourth-order valence-corrected chi connectivity index (χ4v) is 2.63. The molecule has 4 heteroatoms. The van der Waals surface area contributed by atoms with Gasteiger partial charge in [0.05, 0.1) is 12.1 Å². The molecule has 118 valence electrons. The molecule has 2 aromatic rings. The average Bonchev–Trinajstić information content (AvgIpc) is 2.88. The summed E-state index contributed by atoms with van der Waals surface area (Å²) in [7, 11) is 0. The van der Waals surface area contributed by atoms with Crippen molar-refractivity contribution in [2.45, 2.75) is 52.6 Å². The second-order valence-electron chi connectivity index (χ2n) is 5.64. The highest BCUT2D eigenvalue weighted by Crippen LogP contribution is 2.07. The Bertz CT molecular complexity index is 615. The van der Waals surface area contributed by atoms with Crippen LogP contribution in [0.25, 0.3) is 0 Å². The number of aromatic carboxylic acids is 1. The number of aryl methyl sites for hydroxylation is 1. The molecule has 0 bridgehead atoms. The van der Waals surface area contributed by atoms with Crippen LogP contribution >= 0.6 is 0 Å². The van der Waals surface area contributed by atoms with E-state index in [2.05, 4.69) is 35.4 Å². The molecule has 1 aromatic heterocycles. The summed E-state index contributed by atoms with van der Waals surface area (Å²) >= 11 is 0. The number of unbranched alkanes of at least 4 members (excludes halogenated alkanes) is 1. The summed E-state index contributed by atoms with van der Waals surface area (Å²) in [5, 5.41) is 8.96. The van der Waals surface area contributed by atoms with Gasteiger partial charge in [-0.25, -0.2) is 13.9 Å². The summed E-state index contributed by atoms with van der Waals surface area (Å²) < 4.78 is 4.62. The third-order valence-corrected chi connectivity index (χ3v) is 3.87. The van der Waals surface area contributed by atoms with Crippen molar-refractivity contribution in [1.82, 2.24) is 4.57 Å². The van der Waals surface area contributed by atoms with Crippen molar-refractivity contribution in [2.75, 3.05) is 0 Å². The third kappa shape index (κ3) is 3.97. The first kappa shape index (κ1) is 16.3. The molecule has 0 unspecified atom stereocenters. The van der Waals surface area contributed by atoms with Crippen LogP contribution < -0.4 is 4.57 Å². The van der Waals surface area contributed by atoms with Gasteiger partial charge in [-0.15, -0.1) is 0 Å². The van der Waals surface area contributed by atoms with Crippen molar-refractivity contribution in [1.29, 1.82) is 0 Å². The zero-order valence-corrected chi connectivity index (χ0v) is 13.5. The monoisotopic (exact) mass is 301 g/mol. The Morgan fingerprint density at radius 1 is 1.18 bits per heavy atom. The van der Waals surface area contributed by atoms with E-state index < -0.39 is 5.97 Å². The van der Waals surface area contributed by atoms with Crippen molar-refractivity contribution in [3.8, 4) is 0 Å². The molecule has 4 nitrogen and oxygen atoms in total. The maximum atomic E-state index is 10.9. The largest absolute Gasteiger partial charge is 0.478 e. The molecule has 0 aliphatic heterocycles. The fourth-order valence-electron chi connectivity index (χ4n) is 2.63. The predicted molar refractivity (Wildman–Crippen MR) is 86.0 cm³/mol. The van der Waals surface area contributed by atoms with Crippen LogP contribution in [0.1, 0.15) is 54.9 Å². The molecule has 22 heavy (non-hydrogen) atoms. The van der Waals surface area contributed by atoms with E-state index in [1.165, 1.54) is 18.7 Å². The first-order chi connectivity index (χ1) is 10.7. The normalized spacial score (nSPS) is 10.8. The van der Waals surface area contributed by atoms with Gasteiger partial charge in [0, 0.05) is 6.42 Å². The zero-order valence-electron chi connectivity index (χ0n) is 13.5. The second kappa shape index (κ2) is 7.78. The van der Waals surface area contributed by atoms with Gasteiger partial charge in [0.1, 0.15) is 18.9 Å². The average molecular weight is 301 g/mol. The van der Waals surface area contributed by atoms with E-state index in [9.17, 15) is 4.79 Å². The van der Waals surface area contributed by atoms with Crippen molar-refractivity contribution < 1.29 is 14.5 Å². The molecule has 0 fully saturated rings. The Hall–Kier alpha value is -2.10. The summed E-state index contributed by atoms with van der Waals surface area (Å²) in [5.41, 5.74) is 1.46. The van der Waals surface area contributed by atoms with Crippen LogP contribution in [0.5, 0.6) is 0 Å². The Labute approximate surface area is 132 Å². The van der Waals surface area contributed by atoms with Crippen LogP contribution in [0.15, 0.2) is 36.7 Å². The van der Waals surface area contributed by atoms with E-state index in [0.29, 0.717) is 5.56 Å². The Kier molecular flexibility index (Phi) is 5.75. The number of benzene rings is 1. The van der Waals surface area contributed by atoms with Crippen molar-refractivity contribution in [2.24, 2.45) is 0 Å². The summed E-state index contributed by atoms with van der Waals surface area (Å²) in [4.78, 5) is 10.9. The van der Waals surface area contributed by atoms with Crippen molar-refractivity contribution in [3.05, 3.63) is 53.6 Å². The van der Waals surface area contributed by atoms with Gasteiger partial charge in [0.2, 0.25) is 0 Å². The Balaban J connectivity index is 2.17. The molecule has 0 saturated heterocycles. The molecule has 0 aliphatic rings. The highest BCUT2D eigenvalue weighted by molar-refractivity contribution is 5.87. The number of carboxylic acid groups (broad SMARTS) is 1. The quantitative estimate of drug-likeness (QED) is 0.761. The first-order valence-corrected chi connectivity index (χ1v) is 8.05. The van der Waals surface area contributed by atoms with Crippen molar-refractivity contribution >= 4 is 5.97 Å². The number of nitrogens with zero attached hydrogens (tertiary/aromatic N) is 2. The molecule has 2 rings (SSSR count). The minimum atomic E-state index is -0.878. The second-order valence-corrected chi connectivity index (χ2v) is 5.64. The summed E-state index contributed by atoms with van der Waals surface area (Å²) in [6.45, 7) is 6.26. The maximum absolute atomic E-state index is 10.9. The molecule has 1 N–H and O–H groups in total. The number of carboxylic acids is 1. The Morgan fingerprint density at radius 3 is 2.50 bits per heavy atom. The molecule has 0 spiro atoms. The fraction of sp³-hybridized carbons (Fsp3) is 0.444. The SMILES string of the molecule is CCCCn1cc[n+](Cc2ccc(C(=O)O)cc2)c1CCC. The summed E-state index contributed by atoms with van der Waals surface area (Å²) in [6, 6.07) is 7.14. The van der Waals surface area contributed by atoms with Crippen LogP contribution in [0.3, 0.4) is 0 Å². The van der Waals surface area contributed by atoms with Crippen molar-refractivity contribution in [3.63, 3.8) is 0 Å². The third-order valence-electron chi connectivity index (χ3n) is 3.87. The lowest BCUT2D eigenvalue weighted by molar-refractivity contribution is -0.695. The Morgan fingerprint density at radius 2 is 1.91 bits per heavy atom.